The van der Waals surface area contributed by atoms with Gasteiger partial charge in [-0.1, -0.05) is 117 Å². The van der Waals surface area contributed by atoms with Gasteiger partial charge >= 0.3 is 17.9 Å². The van der Waals surface area contributed by atoms with E-state index in [1.54, 1.807) is 0 Å². The molecule has 0 aromatic rings. The van der Waals surface area contributed by atoms with E-state index in [0.29, 0.717) is 39.1 Å². The molecule has 0 unspecified atom stereocenters. The van der Waals surface area contributed by atoms with Crippen LogP contribution >= 0.6 is 0 Å². The lowest BCUT2D eigenvalue weighted by Crippen LogP contribution is -2.33. The lowest BCUT2D eigenvalue weighted by molar-refractivity contribution is -0.144. The second kappa shape index (κ2) is 41.5. The van der Waals surface area contributed by atoms with Crippen LogP contribution in [0.3, 0.4) is 0 Å². The molecule has 0 amide bonds. The van der Waals surface area contributed by atoms with Crippen molar-refractivity contribution in [1.82, 2.24) is 9.80 Å². The Bertz CT molecular complexity index is 775. The summed E-state index contributed by atoms with van der Waals surface area (Å²) in [6, 6.07) is 0. The van der Waals surface area contributed by atoms with Crippen LogP contribution in [-0.4, -0.2) is 98.5 Å². The summed E-state index contributed by atoms with van der Waals surface area (Å²) in [6.07, 6.45) is 28.8. The molecule has 1 N–H and O–H groups in total. The quantitative estimate of drug-likeness (QED) is 0.0370. The number of ether oxygens (including phenoxy) is 3. The Hall–Kier alpha value is -1.71. The number of carbonyl (C=O) groups excluding carboxylic acids is 3. The number of rotatable bonds is 42. The first-order valence-electron chi connectivity index (χ1n) is 22.5. The molecule has 0 aromatic carbocycles. The van der Waals surface area contributed by atoms with Gasteiger partial charge in [0, 0.05) is 25.8 Å². The first-order chi connectivity index (χ1) is 26.0. The lowest BCUT2D eigenvalue weighted by atomic mass is 10.1. The molecule has 0 aliphatic rings. The number of nitrogens with zero attached hydrogens (tertiary/aromatic N) is 2. The molecule has 0 heterocycles. The molecule has 0 fully saturated rings. The monoisotopic (exact) mass is 755 g/mol. The summed E-state index contributed by atoms with van der Waals surface area (Å²) in [6.45, 7) is 14.4. The maximum absolute atomic E-state index is 11.9. The summed E-state index contributed by atoms with van der Waals surface area (Å²) in [4.78, 5) is 40.8. The van der Waals surface area contributed by atoms with E-state index < -0.39 is 0 Å². The molecular formula is C44H86N2O7. The van der Waals surface area contributed by atoms with Gasteiger partial charge in [0.05, 0.1) is 26.4 Å². The van der Waals surface area contributed by atoms with Crippen LogP contribution in [-0.2, 0) is 28.6 Å². The van der Waals surface area contributed by atoms with E-state index in [1.165, 1.54) is 25.7 Å². The summed E-state index contributed by atoms with van der Waals surface area (Å²) >= 11 is 0. The fourth-order valence-corrected chi connectivity index (χ4v) is 6.57. The Kier molecular flexibility index (Phi) is 40.1. The number of aliphatic hydroxyl groups is 1. The van der Waals surface area contributed by atoms with Crippen LogP contribution in [0.1, 0.15) is 201 Å². The van der Waals surface area contributed by atoms with Crippen LogP contribution in [0.25, 0.3) is 0 Å². The second-order valence-electron chi connectivity index (χ2n) is 15.1. The molecule has 0 radical (unpaired) electrons. The van der Waals surface area contributed by atoms with E-state index >= 15 is 0 Å². The van der Waals surface area contributed by atoms with Gasteiger partial charge in [-0.25, -0.2) is 0 Å². The summed E-state index contributed by atoms with van der Waals surface area (Å²) in [5.74, 6) is -0.142. The molecule has 0 aliphatic carbocycles. The minimum absolute atomic E-state index is 0.0445. The Labute approximate surface area is 327 Å². The molecule has 0 spiro atoms. The van der Waals surface area contributed by atoms with E-state index in [-0.39, 0.29) is 24.5 Å². The van der Waals surface area contributed by atoms with Crippen molar-refractivity contribution >= 4 is 17.9 Å². The normalized spacial score (nSPS) is 11.4. The summed E-state index contributed by atoms with van der Waals surface area (Å²) in [5.41, 5.74) is 0. The van der Waals surface area contributed by atoms with Crippen molar-refractivity contribution < 1.29 is 33.7 Å². The number of unbranched alkanes of at least 4 members (excludes halogenated alkanes) is 18. The van der Waals surface area contributed by atoms with Gasteiger partial charge in [-0.15, -0.1) is 0 Å². The molecule has 0 saturated heterocycles. The van der Waals surface area contributed by atoms with Crippen LogP contribution in [0.15, 0.2) is 0 Å². The zero-order valence-corrected chi connectivity index (χ0v) is 35.2. The third kappa shape index (κ3) is 38.4. The van der Waals surface area contributed by atoms with Gasteiger partial charge in [-0.3, -0.25) is 14.4 Å². The van der Waals surface area contributed by atoms with Crippen molar-refractivity contribution in [1.29, 1.82) is 0 Å². The van der Waals surface area contributed by atoms with Crippen molar-refractivity contribution in [2.75, 3.05) is 65.7 Å². The average molecular weight is 755 g/mol. The smallest absolute Gasteiger partial charge is 0.305 e. The molecule has 0 aromatic heterocycles. The highest BCUT2D eigenvalue weighted by molar-refractivity contribution is 5.69. The number of hydrogen-bond acceptors (Lipinski definition) is 9. The predicted octanol–water partition coefficient (Wildman–Crippen LogP) is 10.2. The third-order valence-electron chi connectivity index (χ3n) is 9.96. The number of esters is 3. The molecule has 0 rings (SSSR count). The highest BCUT2D eigenvalue weighted by Crippen LogP contribution is 2.12. The first kappa shape index (κ1) is 51.3. The average Bonchev–Trinajstić information content (AvgIpc) is 3.15. The van der Waals surface area contributed by atoms with Gasteiger partial charge in [0.2, 0.25) is 0 Å². The van der Waals surface area contributed by atoms with Crippen LogP contribution in [0.5, 0.6) is 0 Å². The Morgan fingerprint density at radius 2 is 0.642 bits per heavy atom. The Morgan fingerprint density at radius 3 is 0.962 bits per heavy atom. The van der Waals surface area contributed by atoms with E-state index in [2.05, 4.69) is 30.6 Å². The Morgan fingerprint density at radius 1 is 0.358 bits per heavy atom. The largest absolute Gasteiger partial charge is 0.466 e. The van der Waals surface area contributed by atoms with Crippen molar-refractivity contribution in [2.45, 2.75) is 201 Å². The molecule has 0 saturated carbocycles. The summed E-state index contributed by atoms with van der Waals surface area (Å²) in [5, 5.41) is 9.70. The minimum atomic E-state index is -0.0525. The summed E-state index contributed by atoms with van der Waals surface area (Å²) in [7, 11) is 0. The minimum Gasteiger partial charge on any atom is -0.466 e. The van der Waals surface area contributed by atoms with Crippen LogP contribution < -0.4 is 0 Å². The molecule has 0 bridgehead atoms. The van der Waals surface area contributed by atoms with Gasteiger partial charge in [0.15, 0.2) is 0 Å². The van der Waals surface area contributed by atoms with Gasteiger partial charge in [-0.2, -0.15) is 0 Å². The topological polar surface area (TPSA) is 106 Å². The molecule has 0 aliphatic heterocycles. The molecule has 9 heteroatoms. The van der Waals surface area contributed by atoms with Crippen LogP contribution in [0.2, 0.25) is 0 Å². The van der Waals surface area contributed by atoms with Crippen LogP contribution in [0, 0.1) is 0 Å². The van der Waals surface area contributed by atoms with E-state index in [0.717, 1.165) is 174 Å². The maximum atomic E-state index is 11.9. The first-order valence-corrected chi connectivity index (χ1v) is 22.5. The summed E-state index contributed by atoms with van der Waals surface area (Å²) < 4.78 is 16.0. The Balaban J connectivity index is 4.42. The van der Waals surface area contributed by atoms with Crippen molar-refractivity contribution in [3.63, 3.8) is 0 Å². The van der Waals surface area contributed by atoms with Gasteiger partial charge in [0.1, 0.15) is 0 Å². The maximum Gasteiger partial charge on any atom is 0.305 e. The predicted molar refractivity (Wildman–Crippen MR) is 219 cm³/mol. The van der Waals surface area contributed by atoms with Gasteiger partial charge in [0.25, 0.3) is 0 Å². The van der Waals surface area contributed by atoms with E-state index in [1.807, 2.05) is 0 Å². The third-order valence-corrected chi connectivity index (χ3v) is 9.96. The molecule has 53 heavy (non-hydrogen) atoms. The number of carbonyl (C=O) groups is 3. The molecule has 9 nitrogen and oxygen atoms in total. The van der Waals surface area contributed by atoms with Crippen LogP contribution in [0.4, 0.5) is 0 Å². The van der Waals surface area contributed by atoms with Crippen molar-refractivity contribution in [2.24, 2.45) is 0 Å². The molecule has 314 valence electrons. The number of aliphatic hydroxyl groups excluding tert-OH is 1. The zero-order chi connectivity index (χ0) is 38.9. The highest BCUT2D eigenvalue weighted by atomic mass is 16.5. The van der Waals surface area contributed by atoms with Crippen molar-refractivity contribution in [3.8, 4) is 0 Å². The van der Waals surface area contributed by atoms with E-state index in [9.17, 15) is 19.5 Å². The van der Waals surface area contributed by atoms with E-state index in [4.69, 9.17) is 14.2 Å². The van der Waals surface area contributed by atoms with Gasteiger partial charge < -0.3 is 29.1 Å². The fourth-order valence-electron chi connectivity index (χ4n) is 6.57. The molecular weight excluding hydrogens is 668 g/mol. The van der Waals surface area contributed by atoms with Gasteiger partial charge in [-0.05, 0) is 96.9 Å². The standard InChI is InChI=1S/C44H86N2O7/c1-4-7-25-39-51-42(48)29-19-13-10-16-22-32-45(33-23-17-11-14-20-30-43(49)52-40-26-8-5-2)35-28-36-46(37-38-47)34-24-18-12-15-21-31-44(50)53-41-27-9-6-3/h47H,4-41H2,1-3H3. The second-order valence-corrected chi connectivity index (χ2v) is 15.1. The van der Waals surface area contributed by atoms with Crippen molar-refractivity contribution in [3.05, 3.63) is 0 Å². The fraction of sp³-hybridized carbons (Fsp3) is 0.932. The number of hydrogen-bond donors (Lipinski definition) is 1. The highest BCUT2D eigenvalue weighted by Gasteiger charge is 2.10. The SMILES string of the molecule is CCCCCOC(=O)CCCCCCCN(CCO)CCCN(CCCCCCCC(=O)OCCCCC)CCCCCCCC(=O)OCCCCC. The lowest BCUT2D eigenvalue weighted by Gasteiger charge is -2.26. The molecule has 0 atom stereocenters. The zero-order valence-electron chi connectivity index (χ0n) is 35.2.